The molecule has 4 N–H and O–H groups in total. The number of phosphoric acid groups is 1. The smallest absolute Gasteiger partial charge is 0.396 e. The number of nitrogens with one attached hydrogen (secondary N) is 1. The van der Waals surface area contributed by atoms with Gasteiger partial charge in [0, 0.05) is 33.1 Å². The first-order valence-electron chi connectivity index (χ1n) is 9.17. The molecule has 1 aromatic heterocycles. The number of H-pyrrole nitrogens is 1. The molecule has 0 saturated carbocycles. The van der Waals surface area contributed by atoms with E-state index in [1.54, 1.807) is 0 Å². The maximum atomic E-state index is 12.2. The number of aliphatic hydroxyl groups excluding tert-OH is 1. The zero-order valence-corrected chi connectivity index (χ0v) is 18.6. The number of phosphoric ester groups is 1. The van der Waals surface area contributed by atoms with Gasteiger partial charge in [-0.2, -0.15) is 0 Å². The first kappa shape index (κ1) is 26.1. The largest absolute Gasteiger partial charge is 0.472 e. The lowest BCUT2D eigenvalue weighted by molar-refractivity contribution is -0.0609. The number of methoxy groups -OCH3 is 1. The molecular formula is C15H26N2O12P2. The summed E-state index contributed by atoms with van der Waals surface area (Å²) in [7, 11) is -6.44. The fourth-order valence-corrected chi connectivity index (χ4v) is 4.73. The van der Waals surface area contributed by atoms with Crippen LogP contribution < -0.4 is 11.2 Å². The Kier molecular flexibility index (Phi) is 9.34. The van der Waals surface area contributed by atoms with Crippen LogP contribution >= 0.6 is 15.4 Å². The van der Waals surface area contributed by atoms with Crippen LogP contribution in [-0.2, 0) is 32.2 Å². The summed E-state index contributed by atoms with van der Waals surface area (Å²) in [5, 5.41) is 8.79. The molecule has 2 rings (SSSR count). The fraction of sp³-hybridized carbons (Fsp3) is 0.733. The number of aliphatic hydroxyl groups is 1. The lowest BCUT2D eigenvalue weighted by Gasteiger charge is -2.25. The molecule has 4 unspecified atom stereocenters. The van der Waals surface area contributed by atoms with Gasteiger partial charge < -0.3 is 28.9 Å². The van der Waals surface area contributed by atoms with E-state index in [9.17, 15) is 28.5 Å². The summed E-state index contributed by atoms with van der Waals surface area (Å²) in [6, 6.07) is 1.06. The number of rotatable bonds is 12. The van der Waals surface area contributed by atoms with Gasteiger partial charge >= 0.3 is 21.1 Å². The van der Waals surface area contributed by atoms with Crippen molar-refractivity contribution in [2.24, 2.45) is 0 Å². The Morgan fingerprint density at radius 3 is 2.48 bits per heavy atom. The van der Waals surface area contributed by atoms with Crippen LogP contribution in [0.1, 0.15) is 19.1 Å². The summed E-state index contributed by atoms with van der Waals surface area (Å²) < 4.78 is 50.8. The van der Waals surface area contributed by atoms with Crippen LogP contribution in [-0.4, -0.2) is 76.4 Å². The molecule has 14 nitrogen and oxygen atoms in total. The summed E-state index contributed by atoms with van der Waals surface area (Å²) in [5.41, 5.74) is -1.49. The topological polar surface area (TPSA) is 196 Å². The molecule has 1 saturated heterocycles. The number of ether oxygens (including phenoxy) is 2. The van der Waals surface area contributed by atoms with Gasteiger partial charge in [0.25, 0.3) is 5.56 Å². The molecule has 178 valence electrons. The zero-order valence-electron chi connectivity index (χ0n) is 16.9. The van der Waals surface area contributed by atoms with Crippen LogP contribution in [0.4, 0.5) is 0 Å². The Labute approximate surface area is 176 Å². The lowest BCUT2D eigenvalue weighted by Crippen LogP contribution is -2.39. The van der Waals surface area contributed by atoms with Gasteiger partial charge in [-0.05, 0) is 12.8 Å². The Hall–Kier alpha value is -1.18. The second-order valence-electron chi connectivity index (χ2n) is 6.59. The van der Waals surface area contributed by atoms with Crippen LogP contribution in [0.2, 0.25) is 0 Å². The van der Waals surface area contributed by atoms with Crippen molar-refractivity contribution >= 4 is 15.4 Å². The minimum absolute atomic E-state index is 0.143. The van der Waals surface area contributed by atoms with Gasteiger partial charge in [-0.15, -0.1) is 0 Å². The monoisotopic (exact) mass is 488 g/mol. The summed E-state index contributed by atoms with van der Waals surface area (Å²) in [5.74, 6) is 0. The molecule has 2 heterocycles. The number of hydrogen-bond acceptors (Lipinski definition) is 10. The molecule has 0 bridgehead atoms. The quantitative estimate of drug-likeness (QED) is 0.219. The van der Waals surface area contributed by atoms with Crippen LogP contribution in [0.5, 0.6) is 0 Å². The number of hydrogen-bond donors (Lipinski definition) is 4. The Balaban J connectivity index is 2.28. The molecule has 1 aliphatic heterocycles. The molecule has 16 heteroatoms. The Bertz CT molecular complexity index is 933. The summed E-state index contributed by atoms with van der Waals surface area (Å²) >= 11 is 0. The average Bonchev–Trinajstić information content (AvgIpc) is 3.03. The van der Waals surface area contributed by atoms with Crippen molar-refractivity contribution in [1.82, 2.24) is 9.55 Å². The molecule has 0 aliphatic carbocycles. The van der Waals surface area contributed by atoms with Gasteiger partial charge in [0.1, 0.15) is 18.3 Å². The van der Waals surface area contributed by atoms with Gasteiger partial charge in [0.2, 0.25) is 0 Å². The number of aromatic nitrogens is 2. The van der Waals surface area contributed by atoms with E-state index in [1.807, 2.05) is 4.98 Å². The molecular weight excluding hydrogens is 462 g/mol. The predicted octanol–water partition coefficient (Wildman–Crippen LogP) is -0.444. The van der Waals surface area contributed by atoms with Gasteiger partial charge in [0.15, 0.2) is 6.23 Å². The normalized spacial score (nSPS) is 27.6. The maximum Gasteiger partial charge on any atom is 0.472 e. The molecule has 1 fully saturated rings. The first-order chi connectivity index (χ1) is 14.5. The number of nitrogens with zero attached hydrogens (tertiary/aromatic N) is 1. The average molecular weight is 488 g/mol. The van der Waals surface area contributed by atoms with Gasteiger partial charge in [0.05, 0.1) is 12.8 Å². The van der Waals surface area contributed by atoms with E-state index in [0.29, 0.717) is 6.42 Å². The molecule has 6 atom stereocenters. The Morgan fingerprint density at radius 2 is 1.90 bits per heavy atom. The minimum Gasteiger partial charge on any atom is -0.396 e. The van der Waals surface area contributed by atoms with Crippen molar-refractivity contribution in [3.05, 3.63) is 33.1 Å². The summed E-state index contributed by atoms with van der Waals surface area (Å²) in [4.78, 5) is 45.3. The highest BCUT2D eigenvalue weighted by molar-refractivity contribution is 7.52. The van der Waals surface area contributed by atoms with Crippen molar-refractivity contribution in [3.63, 3.8) is 0 Å². The summed E-state index contributed by atoms with van der Waals surface area (Å²) in [6.07, 6.45) is -3.48. The predicted molar refractivity (Wildman–Crippen MR) is 105 cm³/mol. The molecule has 31 heavy (non-hydrogen) atoms. The second-order valence-corrected chi connectivity index (χ2v) is 10.1. The molecule has 0 aromatic carbocycles. The second kappa shape index (κ2) is 11.1. The van der Waals surface area contributed by atoms with Crippen LogP contribution in [0.15, 0.2) is 21.9 Å². The minimum atomic E-state index is -4.55. The third-order valence-electron chi connectivity index (χ3n) is 4.46. The highest BCUT2D eigenvalue weighted by atomic mass is 31.2. The standard InChI is InChI=1S/C15H26N2O12P2/c1-25-13-12(29-31(23,24)26-2)10(9-27-30(21,22)8-4-3-7-18)28-14(13)17-6-5-11(19)16-15(17)20/h5-6,10,12-14,18H,3-4,7-9H2,1-2H3,(H,21,22)(H,23,24)(H,16,19,20)/t10-,12?,13?,14-/m1/s1. The van der Waals surface area contributed by atoms with E-state index in [0.717, 1.165) is 23.9 Å². The van der Waals surface area contributed by atoms with Gasteiger partial charge in [-0.3, -0.25) is 28.0 Å². The Morgan fingerprint density at radius 1 is 1.19 bits per heavy atom. The van der Waals surface area contributed by atoms with Gasteiger partial charge in [-0.1, -0.05) is 0 Å². The van der Waals surface area contributed by atoms with Crippen LogP contribution in [0.3, 0.4) is 0 Å². The van der Waals surface area contributed by atoms with E-state index in [4.69, 9.17) is 23.6 Å². The molecule has 0 amide bonds. The highest BCUT2D eigenvalue weighted by Crippen LogP contribution is 2.49. The molecule has 0 radical (unpaired) electrons. The summed E-state index contributed by atoms with van der Waals surface area (Å²) in [6.45, 7) is -0.689. The lowest BCUT2D eigenvalue weighted by atomic mass is 10.1. The number of unbranched alkanes of at least 4 members (excludes halogenated alkanes) is 1. The third kappa shape index (κ3) is 7.16. The van der Waals surface area contributed by atoms with Crippen molar-refractivity contribution in [3.8, 4) is 0 Å². The van der Waals surface area contributed by atoms with E-state index in [2.05, 4.69) is 4.52 Å². The van der Waals surface area contributed by atoms with E-state index >= 15 is 0 Å². The first-order valence-corrected chi connectivity index (χ1v) is 12.4. The molecule has 1 aliphatic rings. The highest BCUT2D eigenvalue weighted by Gasteiger charge is 2.50. The third-order valence-corrected chi connectivity index (χ3v) is 6.86. The molecule has 0 spiro atoms. The van der Waals surface area contributed by atoms with E-state index in [1.165, 1.54) is 7.11 Å². The molecule has 1 aromatic rings. The van der Waals surface area contributed by atoms with Crippen LogP contribution in [0.25, 0.3) is 0 Å². The van der Waals surface area contributed by atoms with Crippen molar-refractivity contribution in [2.45, 2.75) is 37.4 Å². The number of aromatic amines is 1. The van der Waals surface area contributed by atoms with E-state index < -0.39 is 57.8 Å². The van der Waals surface area contributed by atoms with Crippen molar-refractivity contribution in [1.29, 1.82) is 0 Å². The van der Waals surface area contributed by atoms with Crippen molar-refractivity contribution in [2.75, 3.05) is 33.6 Å². The van der Waals surface area contributed by atoms with Gasteiger partial charge in [-0.25, -0.2) is 9.36 Å². The SMILES string of the molecule is COC1C(OP(=O)(O)OC)[C@@H](COP(=O)(O)CCCCO)O[C@H]1n1ccc(=O)[nH]c1=O. The zero-order chi connectivity index (χ0) is 23.2. The van der Waals surface area contributed by atoms with E-state index in [-0.39, 0.29) is 19.2 Å². The van der Waals surface area contributed by atoms with Crippen LogP contribution in [0, 0.1) is 0 Å². The van der Waals surface area contributed by atoms with Crippen molar-refractivity contribution < 1.29 is 47.1 Å². The maximum absolute atomic E-state index is 12.2. The fourth-order valence-electron chi connectivity index (χ4n) is 2.95.